The van der Waals surface area contributed by atoms with Crippen LogP contribution < -0.4 is 5.32 Å². The molecule has 0 radical (unpaired) electrons. The average molecular weight is 291 g/mol. The van der Waals surface area contributed by atoms with Crippen LogP contribution in [0.25, 0.3) is 0 Å². The third-order valence-corrected chi connectivity index (χ3v) is 3.21. The van der Waals surface area contributed by atoms with Gasteiger partial charge in [-0.15, -0.1) is 0 Å². The number of carbonyl (C=O) groups is 3. The number of carbonyl (C=O) groups excluding carboxylic acids is 3. The summed E-state index contributed by atoms with van der Waals surface area (Å²) < 4.78 is 0. The first-order chi connectivity index (χ1) is 9.79. The molecule has 0 atom stereocenters. The van der Waals surface area contributed by atoms with Gasteiger partial charge in [-0.25, -0.2) is 0 Å². The van der Waals surface area contributed by atoms with Crippen LogP contribution in [0.1, 0.15) is 21.5 Å². The van der Waals surface area contributed by atoms with Crippen LogP contribution in [0.3, 0.4) is 0 Å². The monoisotopic (exact) mass is 291 g/mol. The summed E-state index contributed by atoms with van der Waals surface area (Å²) in [7, 11) is 0. The summed E-state index contributed by atoms with van der Waals surface area (Å²) in [5.41, 5.74) is -1.57. The zero-order valence-electron chi connectivity index (χ0n) is 11.0. The minimum atomic E-state index is -1.40. The first-order valence-electron chi connectivity index (χ1n) is 5.70. The van der Waals surface area contributed by atoms with E-state index >= 15 is 0 Å². The number of nitrogens with zero attached hydrogens (tertiary/aromatic N) is 2. The number of Topliss-reactive ketones (excluding diaryl/α,β-unsaturated/α-hetero) is 2. The van der Waals surface area contributed by atoms with Crippen molar-refractivity contribution in [2.24, 2.45) is 5.16 Å². The van der Waals surface area contributed by atoms with Gasteiger partial charge in [-0.05, 0) is 25.5 Å². The van der Waals surface area contributed by atoms with Crippen molar-refractivity contribution in [1.82, 2.24) is 0 Å². The highest BCUT2D eigenvalue weighted by Gasteiger charge is 2.39. The van der Waals surface area contributed by atoms with Gasteiger partial charge in [-0.2, -0.15) is 0 Å². The third-order valence-electron chi connectivity index (χ3n) is 3.21. The van der Waals surface area contributed by atoms with E-state index in [0.717, 1.165) is 0 Å². The highest BCUT2D eigenvalue weighted by molar-refractivity contribution is 6.83. The van der Waals surface area contributed by atoms with E-state index in [-0.39, 0.29) is 11.3 Å². The number of amides is 1. The van der Waals surface area contributed by atoms with Crippen LogP contribution >= 0.6 is 0 Å². The summed E-state index contributed by atoms with van der Waals surface area (Å²) in [4.78, 5) is 46.0. The molecule has 1 amide bonds. The summed E-state index contributed by atoms with van der Waals surface area (Å²) in [5.74, 6) is -3.78. The summed E-state index contributed by atoms with van der Waals surface area (Å²) in [5, 5.41) is 24.5. The van der Waals surface area contributed by atoms with E-state index in [9.17, 15) is 24.5 Å². The van der Waals surface area contributed by atoms with Gasteiger partial charge in [0.05, 0.1) is 10.6 Å². The van der Waals surface area contributed by atoms with Gasteiger partial charge >= 0.3 is 0 Å². The van der Waals surface area contributed by atoms with E-state index in [1.165, 1.54) is 13.0 Å². The fourth-order valence-electron chi connectivity index (χ4n) is 2.05. The second-order valence-electron chi connectivity index (χ2n) is 4.41. The minimum Gasteiger partial charge on any atom is -0.410 e. The molecule has 0 aromatic heterocycles. The Hall–Kier alpha value is -3.10. The van der Waals surface area contributed by atoms with Gasteiger partial charge in [0.15, 0.2) is 0 Å². The largest absolute Gasteiger partial charge is 0.410 e. The lowest BCUT2D eigenvalue weighted by Gasteiger charge is -2.10. The molecule has 0 fully saturated rings. The number of nitrogens with one attached hydrogen (secondary N) is 1. The molecular formula is C12H9N3O6. The Bertz CT molecular complexity index is 750. The predicted molar refractivity (Wildman–Crippen MR) is 69.8 cm³/mol. The summed E-state index contributed by atoms with van der Waals surface area (Å²) >= 11 is 0. The van der Waals surface area contributed by atoms with Crippen molar-refractivity contribution >= 4 is 34.6 Å². The normalized spacial score (nSPS) is 16.5. The molecule has 1 aliphatic rings. The molecule has 1 aromatic rings. The highest BCUT2D eigenvalue weighted by atomic mass is 16.6. The molecule has 1 aromatic carbocycles. The van der Waals surface area contributed by atoms with Crippen LogP contribution in [-0.2, 0) is 9.59 Å². The van der Waals surface area contributed by atoms with Gasteiger partial charge < -0.3 is 10.5 Å². The maximum atomic E-state index is 12.1. The molecule has 108 valence electrons. The number of hydrogen-bond donors (Lipinski definition) is 2. The molecule has 0 aliphatic carbocycles. The van der Waals surface area contributed by atoms with E-state index in [1.54, 1.807) is 6.92 Å². The van der Waals surface area contributed by atoms with Crippen LogP contribution in [0.5, 0.6) is 0 Å². The van der Waals surface area contributed by atoms with Crippen molar-refractivity contribution in [2.75, 3.05) is 5.32 Å². The molecule has 0 saturated heterocycles. The SMILES string of the molecule is Cc1cc2c(c([N+](=O)[O-])c1C)C(=O)C(=O)C(=NO)C(=O)N2. The number of nitro benzene ring substituents is 1. The molecule has 0 saturated carbocycles. The number of hydrogen-bond acceptors (Lipinski definition) is 7. The van der Waals surface area contributed by atoms with Crippen LogP contribution in [0.2, 0.25) is 0 Å². The summed E-state index contributed by atoms with van der Waals surface area (Å²) in [6.45, 7) is 2.99. The smallest absolute Gasteiger partial charge is 0.285 e. The number of aryl methyl sites for hydroxylation is 1. The van der Waals surface area contributed by atoms with Gasteiger partial charge in [0, 0.05) is 5.56 Å². The quantitative estimate of drug-likeness (QED) is 0.338. The zero-order valence-corrected chi connectivity index (χ0v) is 11.0. The lowest BCUT2D eigenvalue weighted by Crippen LogP contribution is -2.31. The highest BCUT2D eigenvalue weighted by Crippen LogP contribution is 2.34. The van der Waals surface area contributed by atoms with E-state index in [0.29, 0.717) is 5.56 Å². The third kappa shape index (κ3) is 2.04. The number of benzene rings is 1. The Labute approximate surface area is 117 Å². The molecule has 0 bridgehead atoms. The lowest BCUT2D eigenvalue weighted by atomic mass is 9.96. The number of fused-ring (bicyclic) bond motifs is 1. The Morgan fingerprint density at radius 2 is 1.86 bits per heavy atom. The maximum absolute atomic E-state index is 12.1. The number of ketones is 2. The summed E-state index contributed by atoms with van der Waals surface area (Å²) in [6.07, 6.45) is 0. The van der Waals surface area contributed by atoms with Gasteiger partial charge in [-0.1, -0.05) is 5.16 Å². The topological polar surface area (TPSA) is 139 Å². The molecule has 0 spiro atoms. The van der Waals surface area contributed by atoms with E-state index in [1.807, 2.05) is 0 Å². The van der Waals surface area contributed by atoms with Gasteiger partial charge in [0.2, 0.25) is 11.5 Å². The second kappa shape index (κ2) is 4.78. The average Bonchev–Trinajstić information content (AvgIpc) is 2.48. The molecule has 2 N–H and O–H groups in total. The number of nitro groups is 1. The molecule has 1 aliphatic heterocycles. The van der Waals surface area contributed by atoms with Crippen LogP contribution in [0, 0.1) is 24.0 Å². The van der Waals surface area contributed by atoms with Gasteiger partial charge in [-0.3, -0.25) is 24.5 Å². The second-order valence-corrected chi connectivity index (χ2v) is 4.41. The Morgan fingerprint density at radius 1 is 1.24 bits per heavy atom. The molecule has 0 unspecified atom stereocenters. The molecule has 21 heavy (non-hydrogen) atoms. The Kier molecular flexibility index (Phi) is 3.26. The van der Waals surface area contributed by atoms with Gasteiger partial charge in [0.25, 0.3) is 17.4 Å². The van der Waals surface area contributed by atoms with Crippen molar-refractivity contribution in [3.63, 3.8) is 0 Å². The Balaban J connectivity index is 2.87. The van der Waals surface area contributed by atoms with E-state index < -0.39 is 39.4 Å². The molecule has 1 heterocycles. The van der Waals surface area contributed by atoms with Crippen molar-refractivity contribution in [3.8, 4) is 0 Å². The molecule has 2 rings (SSSR count). The minimum absolute atomic E-state index is 0.160. The fraction of sp³-hybridized carbons (Fsp3) is 0.167. The summed E-state index contributed by atoms with van der Waals surface area (Å²) in [6, 6.07) is 1.35. The van der Waals surface area contributed by atoms with Crippen molar-refractivity contribution in [1.29, 1.82) is 0 Å². The number of anilines is 1. The first-order valence-corrected chi connectivity index (χ1v) is 5.70. The van der Waals surface area contributed by atoms with Gasteiger partial charge in [0.1, 0.15) is 5.56 Å². The maximum Gasteiger partial charge on any atom is 0.285 e. The van der Waals surface area contributed by atoms with E-state index in [2.05, 4.69) is 10.5 Å². The van der Waals surface area contributed by atoms with Crippen LogP contribution in [0.15, 0.2) is 11.2 Å². The molecular weight excluding hydrogens is 282 g/mol. The van der Waals surface area contributed by atoms with Crippen molar-refractivity contribution < 1.29 is 24.5 Å². The number of oxime groups is 1. The van der Waals surface area contributed by atoms with Crippen LogP contribution in [0.4, 0.5) is 11.4 Å². The van der Waals surface area contributed by atoms with Crippen molar-refractivity contribution in [3.05, 3.63) is 32.9 Å². The zero-order chi connectivity index (χ0) is 15.9. The first kappa shape index (κ1) is 14.3. The fourth-order valence-corrected chi connectivity index (χ4v) is 2.05. The lowest BCUT2D eigenvalue weighted by molar-refractivity contribution is -0.385. The number of rotatable bonds is 1. The van der Waals surface area contributed by atoms with Crippen molar-refractivity contribution in [2.45, 2.75) is 13.8 Å². The Morgan fingerprint density at radius 3 is 2.38 bits per heavy atom. The standard InChI is InChI=1S/C12H9N3O6/c1-4-3-6-7(9(5(4)2)15(20)21)10(16)11(17)8(14-19)12(18)13-6/h3,19H,1-2H3,(H,13,18). The van der Waals surface area contributed by atoms with Crippen LogP contribution in [-0.4, -0.2) is 33.3 Å². The molecule has 9 nitrogen and oxygen atoms in total. The molecule has 9 heteroatoms. The predicted octanol–water partition coefficient (Wildman–Crippen LogP) is 0.746. The van der Waals surface area contributed by atoms with E-state index in [4.69, 9.17) is 5.21 Å².